The van der Waals surface area contributed by atoms with E-state index in [9.17, 15) is 0 Å². The van der Waals surface area contributed by atoms with Crippen LogP contribution < -0.4 is 10.1 Å². The Morgan fingerprint density at radius 1 is 1.14 bits per heavy atom. The van der Waals surface area contributed by atoms with Gasteiger partial charge in [0.15, 0.2) is 0 Å². The topological polar surface area (TPSA) is 34.1 Å². The fraction of sp³-hybridized carbons (Fsp3) is 0.500. The molecule has 1 aromatic heterocycles. The SMILES string of the molecule is CC(C)(C)Oc1nccc2ccc(NC3CCCC3)cc12. The normalized spacial score (nSPS) is 16.3. The van der Waals surface area contributed by atoms with Crippen molar-refractivity contribution in [2.45, 2.75) is 58.1 Å². The van der Waals surface area contributed by atoms with Gasteiger partial charge in [0.05, 0.1) is 0 Å². The van der Waals surface area contributed by atoms with Crippen molar-refractivity contribution in [2.75, 3.05) is 5.32 Å². The van der Waals surface area contributed by atoms with Crippen LogP contribution in [0.5, 0.6) is 5.88 Å². The molecule has 0 bridgehead atoms. The molecule has 1 aliphatic carbocycles. The third kappa shape index (κ3) is 3.46. The lowest BCUT2D eigenvalue weighted by Gasteiger charge is -2.21. The van der Waals surface area contributed by atoms with E-state index in [0.717, 1.165) is 11.3 Å². The van der Waals surface area contributed by atoms with E-state index in [1.54, 1.807) is 0 Å². The molecule has 0 spiro atoms. The molecule has 0 aliphatic heterocycles. The van der Waals surface area contributed by atoms with Gasteiger partial charge in [0.1, 0.15) is 5.60 Å². The molecular weight excluding hydrogens is 260 g/mol. The number of rotatable bonds is 3. The molecule has 0 radical (unpaired) electrons. The highest BCUT2D eigenvalue weighted by atomic mass is 16.5. The first-order valence-corrected chi connectivity index (χ1v) is 7.86. The Bertz CT molecular complexity index is 625. The molecule has 3 rings (SSSR count). The number of aromatic nitrogens is 1. The zero-order valence-corrected chi connectivity index (χ0v) is 13.1. The van der Waals surface area contributed by atoms with E-state index in [4.69, 9.17) is 4.74 Å². The van der Waals surface area contributed by atoms with Crippen LogP contribution in [0.4, 0.5) is 5.69 Å². The fourth-order valence-corrected chi connectivity index (χ4v) is 2.91. The second-order valence-electron chi connectivity index (χ2n) is 6.89. The summed E-state index contributed by atoms with van der Waals surface area (Å²) in [6.45, 7) is 6.15. The predicted molar refractivity (Wildman–Crippen MR) is 88.0 cm³/mol. The zero-order valence-electron chi connectivity index (χ0n) is 13.1. The number of anilines is 1. The quantitative estimate of drug-likeness (QED) is 0.881. The van der Waals surface area contributed by atoms with Crippen molar-refractivity contribution in [2.24, 2.45) is 0 Å². The predicted octanol–water partition coefficient (Wildman–Crippen LogP) is 4.77. The van der Waals surface area contributed by atoms with Crippen LogP contribution in [0.2, 0.25) is 0 Å². The van der Waals surface area contributed by atoms with E-state index in [-0.39, 0.29) is 5.60 Å². The number of nitrogens with zero attached hydrogens (tertiary/aromatic N) is 1. The summed E-state index contributed by atoms with van der Waals surface area (Å²) >= 11 is 0. The Morgan fingerprint density at radius 3 is 2.62 bits per heavy atom. The van der Waals surface area contributed by atoms with Gasteiger partial charge in [-0.25, -0.2) is 4.98 Å². The Labute approximate surface area is 126 Å². The number of ether oxygens (including phenoxy) is 1. The highest BCUT2D eigenvalue weighted by Crippen LogP contribution is 2.30. The maximum atomic E-state index is 6.00. The van der Waals surface area contributed by atoms with Gasteiger partial charge in [0.2, 0.25) is 5.88 Å². The number of benzene rings is 1. The van der Waals surface area contributed by atoms with Crippen molar-refractivity contribution >= 4 is 16.5 Å². The van der Waals surface area contributed by atoms with Crippen LogP contribution >= 0.6 is 0 Å². The second kappa shape index (κ2) is 5.55. The number of hydrogen-bond donors (Lipinski definition) is 1. The Hall–Kier alpha value is -1.77. The minimum Gasteiger partial charge on any atom is -0.471 e. The third-order valence-corrected chi connectivity index (χ3v) is 3.86. The molecule has 0 unspecified atom stereocenters. The minimum atomic E-state index is -0.240. The monoisotopic (exact) mass is 284 g/mol. The van der Waals surface area contributed by atoms with Gasteiger partial charge in [0.25, 0.3) is 0 Å². The lowest BCUT2D eigenvalue weighted by molar-refractivity contribution is 0.126. The van der Waals surface area contributed by atoms with Crippen LogP contribution in [0.1, 0.15) is 46.5 Å². The summed E-state index contributed by atoms with van der Waals surface area (Å²) in [4.78, 5) is 4.42. The summed E-state index contributed by atoms with van der Waals surface area (Å²) in [5, 5.41) is 5.89. The van der Waals surface area contributed by atoms with Gasteiger partial charge in [-0.1, -0.05) is 18.9 Å². The van der Waals surface area contributed by atoms with Gasteiger partial charge < -0.3 is 10.1 Å². The first-order chi connectivity index (χ1) is 10.0. The molecular formula is C18H24N2O. The van der Waals surface area contributed by atoms with Gasteiger partial charge in [-0.15, -0.1) is 0 Å². The van der Waals surface area contributed by atoms with Gasteiger partial charge in [-0.05, 0) is 57.2 Å². The highest BCUT2D eigenvalue weighted by Gasteiger charge is 2.17. The standard InChI is InChI=1S/C18H24N2O/c1-18(2,3)21-17-16-12-15(20-14-6-4-5-7-14)9-8-13(16)10-11-19-17/h8-12,14,20H,4-7H2,1-3H3. The van der Waals surface area contributed by atoms with E-state index in [1.807, 2.05) is 33.0 Å². The molecule has 112 valence electrons. The maximum Gasteiger partial charge on any atom is 0.221 e. The van der Waals surface area contributed by atoms with Gasteiger partial charge in [-0.2, -0.15) is 0 Å². The van der Waals surface area contributed by atoms with Crippen LogP contribution in [0.15, 0.2) is 30.5 Å². The Kier molecular flexibility index (Phi) is 3.75. The lowest BCUT2D eigenvalue weighted by Crippen LogP contribution is -2.23. The van der Waals surface area contributed by atoms with Crippen LogP contribution in [0.25, 0.3) is 10.8 Å². The minimum absolute atomic E-state index is 0.240. The molecule has 21 heavy (non-hydrogen) atoms. The highest BCUT2D eigenvalue weighted by molar-refractivity contribution is 5.89. The van der Waals surface area contributed by atoms with E-state index in [0.29, 0.717) is 6.04 Å². The average molecular weight is 284 g/mol. The molecule has 1 aliphatic rings. The van der Waals surface area contributed by atoms with Crippen molar-refractivity contribution in [1.82, 2.24) is 4.98 Å². The molecule has 0 amide bonds. The number of fused-ring (bicyclic) bond motifs is 1. The second-order valence-corrected chi connectivity index (χ2v) is 6.89. The molecule has 1 N–H and O–H groups in total. The summed E-state index contributed by atoms with van der Waals surface area (Å²) in [6, 6.07) is 9.11. The van der Waals surface area contributed by atoms with E-state index in [2.05, 4.69) is 28.5 Å². The fourth-order valence-electron chi connectivity index (χ4n) is 2.91. The summed E-state index contributed by atoms with van der Waals surface area (Å²) in [7, 11) is 0. The first-order valence-electron chi connectivity index (χ1n) is 7.86. The van der Waals surface area contributed by atoms with E-state index < -0.39 is 0 Å². The number of pyridine rings is 1. The number of nitrogens with one attached hydrogen (secondary N) is 1. The van der Waals surface area contributed by atoms with Crippen LogP contribution in [0, 0.1) is 0 Å². The van der Waals surface area contributed by atoms with Crippen LogP contribution in [0.3, 0.4) is 0 Å². The Balaban J connectivity index is 1.92. The van der Waals surface area contributed by atoms with Crippen molar-refractivity contribution in [3.05, 3.63) is 30.5 Å². The summed E-state index contributed by atoms with van der Waals surface area (Å²) in [6.07, 6.45) is 7.04. The molecule has 3 nitrogen and oxygen atoms in total. The Morgan fingerprint density at radius 2 is 1.90 bits per heavy atom. The van der Waals surface area contributed by atoms with Crippen LogP contribution in [-0.4, -0.2) is 16.6 Å². The smallest absolute Gasteiger partial charge is 0.221 e. The molecule has 3 heteroatoms. The molecule has 1 saturated carbocycles. The molecule has 0 saturated heterocycles. The number of hydrogen-bond acceptors (Lipinski definition) is 3. The van der Waals surface area contributed by atoms with Gasteiger partial charge in [-0.3, -0.25) is 0 Å². The molecule has 1 aromatic carbocycles. The van der Waals surface area contributed by atoms with Crippen molar-refractivity contribution in [3.63, 3.8) is 0 Å². The maximum absolute atomic E-state index is 6.00. The third-order valence-electron chi connectivity index (χ3n) is 3.86. The van der Waals surface area contributed by atoms with E-state index in [1.165, 1.54) is 36.8 Å². The largest absolute Gasteiger partial charge is 0.471 e. The summed E-state index contributed by atoms with van der Waals surface area (Å²) in [5.74, 6) is 0.718. The molecule has 2 aromatic rings. The first kappa shape index (κ1) is 14.2. The van der Waals surface area contributed by atoms with Crippen molar-refractivity contribution < 1.29 is 4.74 Å². The van der Waals surface area contributed by atoms with Crippen molar-refractivity contribution in [1.29, 1.82) is 0 Å². The summed E-state index contributed by atoms with van der Waals surface area (Å²) < 4.78 is 6.00. The van der Waals surface area contributed by atoms with Crippen LogP contribution in [-0.2, 0) is 0 Å². The molecule has 0 atom stereocenters. The van der Waals surface area contributed by atoms with Gasteiger partial charge in [0, 0.05) is 23.3 Å². The lowest BCUT2D eigenvalue weighted by atomic mass is 10.1. The molecule has 1 heterocycles. The van der Waals surface area contributed by atoms with E-state index >= 15 is 0 Å². The summed E-state index contributed by atoms with van der Waals surface area (Å²) in [5.41, 5.74) is 0.928. The van der Waals surface area contributed by atoms with Gasteiger partial charge >= 0.3 is 0 Å². The zero-order chi connectivity index (χ0) is 14.9. The average Bonchev–Trinajstić information content (AvgIpc) is 2.91. The molecule has 1 fully saturated rings. The van der Waals surface area contributed by atoms with Crippen molar-refractivity contribution in [3.8, 4) is 5.88 Å².